The number of allylic oxidation sites excluding steroid dienone is 4. The summed E-state index contributed by atoms with van der Waals surface area (Å²) in [6.45, 7) is 0. The van der Waals surface area contributed by atoms with Gasteiger partial charge in [-0.25, -0.2) is 0 Å². The van der Waals surface area contributed by atoms with Gasteiger partial charge in [0.1, 0.15) is 0 Å². The van der Waals surface area contributed by atoms with Crippen LogP contribution in [0, 0.1) is 12.5 Å². The molecular formula is C6H6Si. The van der Waals surface area contributed by atoms with Gasteiger partial charge in [0.25, 0.3) is 0 Å². The van der Waals surface area contributed by atoms with Crippen LogP contribution in [-0.4, -0.2) is 15.0 Å². The van der Waals surface area contributed by atoms with Crippen LogP contribution in [-0.2, 0) is 0 Å². The van der Waals surface area contributed by atoms with E-state index in [-0.39, 0.29) is 0 Å². The number of hydrogen-bond acceptors (Lipinski definition) is 0. The van der Waals surface area contributed by atoms with E-state index in [9.17, 15) is 0 Å². The first-order chi connectivity index (χ1) is 3.39. The average molecular weight is 106 g/mol. The molecule has 0 nitrogen and oxygen atoms in total. The molecule has 0 spiro atoms. The largest absolute Gasteiger partial charge is 0.0765 e. The van der Waals surface area contributed by atoms with Crippen molar-refractivity contribution in [2.75, 3.05) is 0 Å². The van der Waals surface area contributed by atoms with Crippen molar-refractivity contribution in [3.8, 4) is 0 Å². The van der Waals surface area contributed by atoms with Crippen molar-refractivity contribution < 1.29 is 0 Å². The lowest BCUT2D eigenvalue weighted by molar-refractivity contribution is 1.77. The molecule has 0 saturated heterocycles. The van der Waals surface area contributed by atoms with Gasteiger partial charge in [-0.05, 0) is 15.9 Å². The first-order valence-corrected chi connectivity index (χ1v) is 2.89. The Balaban J connectivity index is 2.66. The lowest BCUT2D eigenvalue weighted by atomic mass is 10.2. The molecule has 0 fully saturated rings. The maximum atomic E-state index is 3.04. The highest BCUT2D eigenvalue weighted by molar-refractivity contribution is 6.44. The number of rotatable bonds is 0. The summed E-state index contributed by atoms with van der Waals surface area (Å²) in [5.74, 6) is 0. The Labute approximate surface area is 46.6 Å². The zero-order valence-electron chi connectivity index (χ0n) is 4.02. The third kappa shape index (κ3) is 1.24. The second kappa shape index (κ2) is 2.03. The molecule has 0 unspecified atom stereocenters. The Kier molecular flexibility index (Phi) is 1.37. The van der Waals surface area contributed by atoms with E-state index in [1.54, 1.807) is 0 Å². The summed E-state index contributed by atoms with van der Waals surface area (Å²) in [7, 11) is 1.85. The number of hydrogen-bond donors (Lipinski definition) is 0. The van der Waals surface area contributed by atoms with Crippen LogP contribution in [0.4, 0.5) is 0 Å². The smallest absolute Gasteiger partial charge is 0.00770 e. The van der Waals surface area contributed by atoms with E-state index in [2.05, 4.69) is 6.08 Å². The summed E-state index contributed by atoms with van der Waals surface area (Å²) >= 11 is 0. The highest BCUT2D eigenvalue weighted by Crippen LogP contribution is 1.91. The molecule has 0 atom stereocenters. The van der Waals surface area contributed by atoms with Gasteiger partial charge in [0.2, 0.25) is 0 Å². The zero-order chi connectivity index (χ0) is 5.11. The molecule has 1 rings (SSSR count). The fraction of sp³-hybridized carbons (Fsp3) is 0. The first-order valence-electron chi connectivity index (χ1n) is 2.18. The van der Waals surface area contributed by atoms with Crippen molar-refractivity contribution in [1.29, 1.82) is 0 Å². The van der Waals surface area contributed by atoms with Gasteiger partial charge in [-0.2, -0.15) is 0 Å². The van der Waals surface area contributed by atoms with Gasteiger partial charge in [0.15, 0.2) is 0 Å². The minimum atomic E-state index is 1.22. The summed E-state index contributed by atoms with van der Waals surface area (Å²) in [5.41, 5.74) is 0. The van der Waals surface area contributed by atoms with E-state index in [0.717, 1.165) is 0 Å². The molecule has 0 saturated carbocycles. The molecular weight excluding hydrogens is 100 g/mol. The zero-order valence-corrected chi connectivity index (χ0v) is 5.43. The predicted octanol–water partition coefficient (Wildman–Crippen LogP) is -0.0746. The second-order valence-electron chi connectivity index (χ2n) is 1.39. The highest BCUT2D eigenvalue weighted by Gasteiger charge is 1.86. The van der Waals surface area contributed by atoms with Crippen molar-refractivity contribution in [3.63, 3.8) is 0 Å². The van der Waals surface area contributed by atoms with Gasteiger partial charge in [0, 0.05) is 6.42 Å². The van der Waals surface area contributed by atoms with E-state index in [4.69, 9.17) is 0 Å². The van der Waals surface area contributed by atoms with Crippen LogP contribution in [0.15, 0.2) is 18.2 Å². The van der Waals surface area contributed by atoms with Crippen LogP contribution in [0.5, 0.6) is 0 Å². The van der Waals surface area contributed by atoms with Crippen LogP contribution in [0.2, 0.25) is 0 Å². The van der Waals surface area contributed by atoms with Crippen LogP contribution in [0.3, 0.4) is 0 Å². The molecule has 7 heavy (non-hydrogen) atoms. The molecule has 0 aliphatic heterocycles. The SMILES string of the molecule is [SiH2]=C1[C]=CC=C[CH]1. The molecule has 0 amide bonds. The van der Waals surface area contributed by atoms with Crippen molar-refractivity contribution >= 4 is 15.0 Å². The summed E-state index contributed by atoms with van der Waals surface area (Å²) in [6.07, 6.45) is 11.0. The molecule has 34 valence electrons. The molecule has 0 aromatic rings. The maximum absolute atomic E-state index is 3.04. The topological polar surface area (TPSA) is 0 Å². The van der Waals surface area contributed by atoms with Crippen molar-refractivity contribution in [1.82, 2.24) is 0 Å². The van der Waals surface area contributed by atoms with Crippen molar-refractivity contribution in [3.05, 3.63) is 30.7 Å². The van der Waals surface area contributed by atoms with E-state index in [0.29, 0.717) is 0 Å². The predicted molar refractivity (Wildman–Crippen MR) is 34.8 cm³/mol. The Morgan fingerprint density at radius 2 is 2.29 bits per heavy atom. The quantitative estimate of drug-likeness (QED) is 0.379. The van der Waals surface area contributed by atoms with E-state index in [1.165, 1.54) is 5.17 Å². The van der Waals surface area contributed by atoms with Crippen molar-refractivity contribution in [2.24, 2.45) is 0 Å². The molecule has 1 heteroatoms. The summed E-state index contributed by atoms with van der Waals surface area (Å²) < 4.78 is 0. The molecule has 0 N–H and O–H groups in total. The molecule has 1 aliphatic rings. The third-order valence-electron chi connectivity index (χ3n) is 0.773. The summed E-state index contributed by atoms with van der Waals surface area (Å²) in [5, 5.41) is 1.22. The normalized spacial score (nSPS) is 18.0. The van der Waals surface area contributed by atoms with Gasteiger partial charge < -0.3 is 0 Å². The second-order valence-corrected chi connectivity index (χ2v) is 2.15. The van der Waals surface area contributed by atoms with Gasteiger partial charge >= 0.3 is 0 Å². The molecule has 1 aliphatic carbocycles. The highest BCUT2D eigenvalue weighted by atomic mass is 28.1. The van der Waals surface area contributed by atoms with Crippen molar-refractivity contribution in [2.45, 2.75) is 0 Å². The fourth-order valence-electron chi connectivity index (χ4n) is 0.431. The van der Waals surface area contributed by atoms with Crippen LogP contribution in [0.1, 0.15) is 0 Å². The minimum Gasteiger partial charge on any atom is -0.0765 e. The molecule has 0 heterocycles. The lowest BCUT2D eigenvalue weighted by Crippen LogP contribution is -1.94. The maximum Gasteiger partial charge on any atom is 0.00770 e. The Morgan fingerprint density at radius 3 is 2.57 bits per heavy atom. The van der Waals surface area contributed by atoms with Gasteiger partial charge in [-0.15, -0.1) is 0 Å². The molecule has 0 aromatic carbocycles. The molecule has 2 radical (unpaired) electrons. The van der Waals surface area contributed by atoms with Crippen LogP contribution < -0.4 is 0 Å². The first kappa shape index (κ1) is 4.72. The van der Waals surface area contributed by atoms with Crippen LogP contribution in [0.25, 0.3) is 0 Å². The minimum absolute atomic E-state index is 1.22. The van der Waals surface area contributed by atoms with E-state index >= 15 is 0 Å². The monoisotopic (exact) mass is 106 g/mol. The van der Waals surface area contributed by atoms with Gasteiger partial charge in [0.05, 0.1) is 0 Å². The van der Waals surface area contributed by atoms with E-state index < -0.39 is 0 Å². The van der Waals surface area contributed by atoms with Gasteiger partial charge in [-0.1, -0.05) is 23.4 Å². The standard InChI is InChI=1S/C6H6Si/c7-6-4-2-1-3-5-6/h1-4H,7H2. The van der Waals surface area contributed by atoms with E-state index in [1.807, 2.05) is 34.5 Å². The Morgan fingerprint density at radius 1 is 1.43 bits per heavy atom. The van der Waals surface area contributed by atoms with Gasteiger partial charge in [-0.3, -0.25) is 0 Å². The summed E-state index contributed by atoms with van der Waals surface area (Å²) in [4.78, 5) is 0. The fourth-order valence-corrected chi connectivity index (χ4v) is 0.684. The average Bonchev–Trinajstić information content (AvgIpc) is 1.69. The Hall–Kier alpha value is -0.433. The third-order valence-corrected chi connectivity index (χ3v) is 1.21. The lowest BCUT2D eigenvalue weighted by Gasteiger charge is -1.93. The van der Waals surface area contributed by atoms with Crippen LogP contribution >= 0.6 is 0 Å². The molecule has 0 aromatic heterocycles. The molecule has 0 bridgehead atoms. The summed E-state index contributed by atoms with van der Waals surface area (Å²) in [6, 6.07) is 0. The Bertz CT molecular complexity index is 131.